The largest absolute Gasteiger partial charge is 0.337 e. The van der Waals surface area contributed by atoms with Gasteiger partial charge >= 0.3 is 0 Å². The van der Waals surface area contributed by atoms with Crippen molar-refractivity contribution in [3.8, 4) is 0 Å². The highest BCUT2D eigenvalue weighted by Gasteiger charge is 2.13. The molecular formula is C14H12Cl2N2O. The van der Waals surface area contributed by atoms with Crippen LogP contribution in [0, 0.1) is 0 Å². The fourth-order valence-corrected chi connectivity index (χ4v) is 2.26. The number of halogens is 2. The molecule has 19 heavy (non-hydrogen) atoms. The number of amides is 1. The van der Waals surface area contributed by atoms with Gasteiger partial charge in [0.1, 0.15) is 0 Å². The van der Waals surface area contributed by atoms with Crippen LogP contribution in [0.15, 0.2) is 42.7 Å². The summed E-state index contributed by atoms with van der Waals surface area (Å²) in [7, 11) is 1.73. The number of hydrogen-bond acceptors (Lipinski definition) is 2. The minimum Gasteiger partial charge on any atom is -0.337 e. The molecule has 3 nitrogen and oxygen atoms in total. The molecule has 0 fully saturated rings. The first-order chi connectivity index (χ1) is 9.06. The smallest absolute Gasteiger partial charge is 0.254 e. The first kappa shape index (κ1) is 13.8. The van der Waals surface area contributed by atoms with Crippen molar-refractivity contribution in [3.63, 3.8) is 0 Å². The van der Waals surface area contributed by atoms with Gasteiger partial charge in [0.15, 0.2) is 0 Å². The maximum Gasteiger partial charge on any atom is 0.254 e. The van der Waals surface area contributed by atoms with Crippen molar-refractivity contribution >= 4 is 29.1 Å². The van der Waals surface area contributed by atoms with E-state index in [-0.39, 0.29) is 5.91 Å². The summed E-state index contributed by atoms with van der Waals surface area (Å²) in [4.78, 5) is 17.9. The van der Waals surface area contributed by atoms with Crippen molar-refractivity contribution in [1.29, 1.82) is 0 Å². The zero-order valence-corrected chi connectivity index (χ0v) is 11.8. The number of carbonyl (C=O) groups is 1. The highest BCUT2D eigenvalue weighted by molar-refractivity contribution is 6.35. The van der Waals surface area contributed by atoms with Gasteiger partial charge in [0, 0.05) is 41.6 Å². The number of carbonyl (C=O) groups excluding carboxylic acids is 1. The third kappa shape index (κ3) is 3.69. The maximum absolute atomic E-state index is 12.2. The molecule has 0 bridgehead atoms. The fraction of sp³-hybridized carbons (Fsp3) is 0.143. The number of aromatic nitrogens is 1. The van der Waals surface area contributed by atoms with Gasteiger partial charge < -0.3 is 4.90 Å². The van der Waals surface area contributed by atoms with Crippen LogP contribution in [-0.2, 0) is 6.54 Å². The van der Waals surface area contributed by atoms with Crippen LogP contribution in [0.2, 0.25) is 10.0 Å². The second kappa shape index (κ2) is 6.04. The van der Waals surface area contributed by atoms with Gasteiger partial charge in [-0.05, 0) is 29.8 Å². The highest BCUT2D eigenvalue weighted by Crippen LogP contribution is 2.20. The molecule has 0 aliphatic rings. The Labute approximate surface area is 121 Å². The summed E-state index contributed by atoms with van der Waals surface area (Å²) in [6, 6.07) is 8.57. The average Bonchev–Trinajstić information content (AvgIpc) is 2.37. The van der Waals surface area contributed by atoms with Crippen LogP contribution in [0.4, 0.5) is 0 Å². The third-order valence-electron chi connectivity index (χ3n) is 2.60. The van der Waals surface area contributed by atoms with Crippen LogP contribution in [0.1, 0.15) is 15.9 Å². The SMILES string of the molecule is CN(Cc1cccnc1)C(=O)c1cc(Cl)cc(Cl)c1. The zero-order valence-electron chi connectivity index (χ0n) is 10.3. The van der Waals surface area contributed by atoms with Crippen LogP contribution in [-0.4, -0.2) is 22.8 Å². The Balaban J connectivity index is 2.15. The van der Waals surface area contributed by atoms with Crippen molar-refractivity contribution in [2.75, 3.05) is 7.05 Å². The van der Waals surface area contributed by atoms with Gasteiger partial charge in [0.05, 0.1) is 0 Å². The van der Waals surface area contributed by atoms with Crippen molar-refractivity contribution in [1.82, 2.24) is 9.88 Å². The second-order valence-corrected chi connectivity index (χ2v) is 5.05. The van der Waals surface area contributed by atoms with E-state index in [2.05, 4.69) is 4.98 Å². The van der Waals surface area contributed by atoms with Gasteiger partial charge in [0.2, 0.25) is 0 Å². The summed E-state index contributed by atoms with van der Waals surface area (Å²) >= 11 is 11.8. The van der Waals surface area contributed by atoms with Crippen molar-refractivity contribution < 1.29 is 4.79 Å². The fourth-order valence-electron chi connectivity index (χ4n) is 1.74. The molecule has 0 saturated heterocycles. The monoisotopic (exact) mass is 294 g/mol. The standard InChI is InChI=1S/C14H12Cl2N2O/c1-18(9-10-3-2-4-17-8-10)14(19)11-5-12(15)7-13(16)6-11/h2-8H,9H2,1H3. The van der Waals surface area contributed by atoms with Crippen LogP contribution >= 0.6 is 23.2 Å². The summed E-state index contributed by atoms with van der Waals surface area (Å²) in [6.07, 6.45) is 3.43. The molecule has 1 aromatic carbocycles. The average molecular weight is 295 g/mol. The van der Waals surface area contributed by atoms with E-state index < -0.39 is 0 Å². The highest BCUT2D eigenvalue weighted by atomic mass is 35.5. The second-order valence-electron chi connectivity index (χ2n) is 4.18. The van der Waals surface area contributed by atoms with E-state index in [1.54, 1.807) is 42.5 Å². The summed E-state index contributed by atoms with van der Waals surface area (Å²) in [6.45, 7) is 0.483. The van der Waals surface area contributed by atoms with Gasteiger partial charge in [-0.3, -0.25) is 9.78 Å². The van der Waals surface area contributed by atoms with Crippen molar-refractivity contribution in [3.05, 3.63) is 63.9 Å². The topological polar surface area (TPSA) is 33.2 Å². The Morgan fingerprint density at radius 1 is 1.26 bits per heavy atom. The van der Waals surface area contributed by atoms with E-state index in [1.165, 1.54) is 0 Å². The molecule has 2 rings (SSSR count). The first-order valence-corrected chi connectivity index (χ1v) is 6.42. The quantitative estimate of drug-likeness (QED) is 0.865. The molecule has 0 aliphatic carbocycles. The van der Waals surface area contributed by atoms with Crippen molar-refractivity contribution in [2.45, 2.75) is 6.54 Å². The van der Waals surface area contributed by atoms with Crippen LogP contribution in [0.25, 0.3) is 0 Å². The van der Waals surface area contributed by atoms with Gasteiger partial charge in [-0.15, -0.1) is 0 Å². The van der Waals surface area contributed by atoms with E-state index in [4.69, 9.17) is 23.2 Å². The molecule has 5 heteroatoms. The molecule has 0 radical (unpaired) electrons. The molecule has 98 valence electrons. The van der Waals surface area contributed by atoms with E-state index in [9.17, 15) is 4.79 Å². The molecule has 2 aromatic rings. The summed E-state index contributed by atoms with van der Waals surface area (Å²) < 4.78 is 0. The zero-order chi connectivity index (χ0) is 13.8. The molecule has 0 aliphatic heterocycles. The van der Waals surface area contributed by atoms with Gasteiger partial charge in [0.25, 0.3) is 5.91 Å². The van der Waals surface area contributed by atoms with Gasteiger partial charge in [-0.1, -0.05) is 29.3 Å². The minimum absolute atomic E-state index is 0.131. The van der Waals surface area contributed by atoms with E-state index in [0.717, 1.165) is 5.56 Å². The van der Waals surface area contributed by atoms with E-state index in [1.807, 2.05) is 12.1 Å². The first-order valence-electron chi connectivity index (χ1n) is 5.67. The maximum atomic E-state index is 12.2. The van der Waals surface area contributed by atoms with Gasteiger partial charge in [-0.25, -0.2) is 0 Å². The number of nitrogens with zero attached hydrogens (tertiary/aromatic N) is 2. The summed E-state index contributed by atoms with van der Waals surface area (Å²) in [5, 5.41) is 0.899. The minimum atomic E-state index is -0.131. The Morgan fingerprint density at radius 3 is 2.53 bits per heavy atom. The van der Waals surface area contributed by atoms with Crippen LogP contribution < -0.4 is 0 Å². The normalized spacial score (nSPS) is 10.3. The number of pyridine rings is 1. The summed E-state index contributed by atoms with van der Waals surface area (Å²) in [5.41, 5.74) is 1.44. The number of rotatable bonds is 3. The van der Waals surface area contributed by atoms with E-state index >= 15 is 0 Å². The lowest BCUT2D eigenvalue weighted by molar-refractivity contribution is 0.0785. The molecule has 0 N–H and O–H groups in total. The lowest BCUT2D eigenvalue weighted by Gasteiger charge is -2.17. The lowest BCUT2D eigenvalue weighted by atomic mass is 10.2. The third-order valence-corrected chi connectivity index (χ3v) is 3.04. The molecule has 0 unspecified atom stereocenters. The molecule has 0 saturated carbocycles. The number of hydrogen-bond donors (Lipinski definition) is 0. The van der Waals surface area contributed by atoms with Crippen LogP contribution in [0.5, 0.6) is 0 Å². The van der Waals surface area contributed by atoms with Crippen LogP contribution in [0.3, 0.4) is 0 Å². The molecule has 1 amide bonds. The number of benzene rings is 1. The Bertz CT molecular complexity index is 567. The predicted octanol–water partition coefficient (Wildman–Crippen LogP) is 3.66. The molecule has 0 atom stereocenters. The Kier molecular flexibility index (Phi) is 4.40. The van der Waals surface area contributed by atoms with Gasteiger partial charge in [-0.2, -0.15) is 0 Å². The molecule has 1 aromatic heterocycles. The summed E-state index contributed by atoms with van der Waals surface area (Å²) in [5.74, 6) is -0.131. The Morgan fingerprint density at radius 2 is 1.95 bits per heavy atom. The molecule has 1 heterocycles. The lowest BCUT2D eigenvalue weighted by Crippen LogP contribution is -2.26. The molecule has 0 spiro atoms. The van der Waals surface area contributed by atoms with E-state index in [0.29, 0.717) is 22.2 Å². The van der Waals surface area contributed by atoms with Crippen molar-refractivity contribution in [2.24, 2.45) is 0 Å². The Hall–Kier alpha value is -1.58. The molecular weight excluding hydrogens is 283 g/mol. The predicted molar refractivity (Wildman–Crippen MR) is 76.5 cm³/mol.